The van der Waals surface area contributed by atoms with Crippen LogP contribution in [0, 0.1) is 6.92 Å². The number of hydrogen-bond donors (Lipinski definition) is 0. The third-order valence-electron chi connectivity index (χ3n) is 4.41. The summed E-state index contributed by atoms with van der Waals surface area (Å²) in [7, 11) is 5.58. The number of anilines is 1. The molecule has 3 rings (SSSR count). The summed E-state index contributed by atoms with van der Waals surface area (Å²) in [5.74, 6) is 0.669. The third-order valence-corrected chi connectivity index (χ3v) is 5.95. The summed E-state index contributed by atoms with van der Waals surface area (Å²) in [6.07, 6.45) is 0.329. The van der Waals surface area contributed by atoms with Crippen molar-refractivity contribution in [1.29, 1.82) is 0 Å². The number of likely N-dealkylation sites (N-methyl/N-ethyl adjacent to an activating group) is 1. The van der Waals surface area contributed by atoms with Crippen LogP contribution in [0.3, 0.4) is 0 Å². The fourth-order valence-electron chi connectivity index (χ4n) is 2.94. The van der Waals surface area contributed by atoms with E-state index in [1.165, 1.54) is 11.3 Å². The van der Waals surface area contributed by atoms with Crippen molar-refractivity contribution in [3.8, 4) is 5.75 Å². The van der Waals surface area contributed by atoms with Gasteiger partial charge in [0.15, 0.2) is 5.13 Å². The molecule has 0 atom stereocenters. The van der Waals surface area contributed by atoms with Crippen molar-refractivity contribution in [1.82, 2.24) is 9.88 Å². The molecule has 156 valence electrons. The molecule has 0 aliphatic rings. The van der Waals surface area contributed by atoms with E-state index < -0.39 is 0 Å². The first-order valence-corrected chi connectivity index (χ1v) is 10.2. The lowest BCUT2D eigenvalue weighted by atomic mass is 10.1. The number of amides is 1. The largest absolute Gasteiger partial charge is 0.494 e. The number of halogens is 2. The van der Waals surface area contributed by atoms with Crippen LogP contribution < -0.4 is 9.64 Å². The standard InChI is InChI=1S/C21H24ClN3O2S.ClH/c1-14-6-5-7-15(12-14)13-18(26)25(11-10-24(2)3)21-23-19-17(27-4)9-8-16(22)20(19)28-21;/h5-9,12H,10-11,13H2,1-4H3;1H. The predicted octanol–water partition coefficient (Wildman–Crippen LogP) is 4.83. The number of benzene rings is 2. The smallest absolute Gasteiger partial charge is 0.233 e. The molecule has 0 unspecified atom stereocenters. The minimum Gasteiger partial charge on any atom is -0.494 e. The van der Waals surface area contributed by atoms with Crippen LogP contribution in [0.1, 0.15) is 11.1 Å². The molecule has 0 saturated carbocycles. The molecule has 0 aliphatic heterocycles. The third kappa shape index (κ3) is 5.60. The summed E-state index contributed by atoms with van der Waals surface area (Å²) in [5.41, 5.74) is 2.83. The minimum absolute atomic E-state index is 0. The molecular weight excluding hydrogens is 429 g/mol. The van der Waals surface area contributed by atoms with Gasteiger partial charge in [0, 0.05) is 13.1 Å². The molecule has 3 aromatic rings. The van der Waals surface area contributed by atoms with Crippen molar-refractivity contribution >= 4 is 56.6 Å². The second-order valence-corrected chi connectivity index (χ2v) is 8.32. The van der Waals surface area contributed by atoms with E-state index in [1.54, 1.807) is 24.1 Å². The molecule has 0 N–H and O–H groups in total. The first-order valence-electron chi connectivity index (χ1n) is 9.02. The van der Waals surface area contributed by atoms with E-state index in [-0.39, 0.29) is 18.3 Å². The fraction of sp³-hybridized carbons (Fsp3) is 0.333. The Labute approximate surface area is 186 Å². The Kier molecular flexibility index (Phi) is 8.28. The topological polar surface area (TPSA) is 45.7 Å². The van der Waals surface area contributed by atoms with E-state index in [0.717, 1.165) is 22.4 Å². The molecule has 0 spiro atoms. The first-order chi connectivity index (χ1) is 13.4. The van der Waals surface area contributed by atoms with Crippen molar-refractivity contribution in [2.45, 2.75) is 13.3 Å². The Bertz CT molecular complexity index is 991. The van der Waals surface area contributed by atoms with E-state index in [1.807, 2.05) is 50.2 Å². The molecule has 1 aromatic heterocycles. The number of rotatable bonds is 7. The van der Waals surface area contributed by atoms with Gasteiger partial charge >= 0.3 is 0 Å². The zero-order valence-corrected chi connectivity index (χ0v) is 19.3. The summed E-state index contributed by atoms with van der Waals surface area (Å²) < 4.78 is 6.24. The molecule has 2 aromatic carbocycles. The molecule has 0 bridgehead atoms. The number of ether oxygens (including phenoxy) is 1. The van der Waals surface area contributed by atoms with Crippen LogP contribution in [-0.4, -0.2) is 50.1 Å². The van der Waals surface area contributed by atoms with Crippen molar-refractivity contribution in [3.63, 3.8) is 0 Å². The molecule has 1 amide bonds. The predicted molar refractivity (Wildman–Crippen MR) is 124 cm³/mol. The Morgan fingerprint density at radius 2 is 1.97 bits per heavy atom. The van der Waals surface area contributed by atoms with Gasteiger partial charge in [-0.3, -0.25) is 9.69 Å². The molecule has 1 heterocycles. The van der Waals surface area contributed by atoms with E-state index in [0.29, 0.717) is 34.4 Å². The van der Waals surface area contributed by atoms with Crippen LogP contribution in [-0.2, 0) is 11.2 Å². The van der Waals surface area contributed by atoms with Crippen LogP contribution in [0.4, 0.5) is 5.13 Å². The Balaban J connectivity index is 0.00000300. The number of aromatic nitrogens is 1. The summed E-state index contributed by atoms with van der Waals surface area (Å²) in [5, 5.41) is 1.25. The molecule has 0 saturated heterocycles. The minimum atomic E-state index is 0. The molecule has 0 fully saturated rings. The molecule has 29 heavy (non-hydrogen) atoms. The lowest BCUT2D eigenvalue weighted by Crippen LogP contribution is -2.37. The molecule has 5 nitrogen and oxygen atoms in total. The van der Waals surface area contributed by atoms with Gasteiger partial charge in [-0.15, -0.1) is 12.4 Å². The fourth-order valence-corrected chi connectivity index (χ4v) is 4.24. The van der Waals surface area contributed by atoms with Crippen LogP contribution in [0.5, 0.6) is 5.75 Å². The van der Waals surface area contributed by atoms with Gasteiger partial charge < -0.3 is 9.64 Å². The number of nitrogens with zero attached hydrogens (tertiary/aromatic N) is 3. The summed E-state index contributed by atoms with van der Waals surface area (Å²) in [6.45, 7) is 3.32. The SMILES string of the molecule is COc1ccc(Cl)c2sc(N(CCN(C)C)C(=O)Cc3cccc(C)c3)nc12.Cl. The number of carbonyl (C=O) groups is 1. The normalized spacial score (nSPS) is 10.8. The number of aryl methyl sites for hydroxylation is 1. The lowest BCUT2D eigenvalue weighted by molar-refractivity contribution is -0.118. The summed E-state index contributed by atoms with van der Waals surface area (Å²) in [4.78, 5) is 21.7. The highest BCUT2D eigenvalue weighted by Gasteiger charge is 2.22. The van der Waals surface area contributed by atoms with Gasteiger partial charge in [0.25, 0.3) is 0 Å². The molecular formula is C21H25Cl2N3O2S. The van der Waals surface area contributed by atoms with Gasteiger partial charge in [-0.1, -0.05) is 52.8 Å². The average Bonchev–Trinajstić information content (AvgIpc) is 3.08. The summed E-state index contributed by atoms with van der Waals surface area (Å²) in [6, 6.07) is 11.6. The second-order valence-electron chi connectivity index (χ2n) is 6.94. The number of carbonyl (C=O) groups excluding carboxylic acids is 1. The first kappa shape index (κ1) is 23.4. The number of fused-ring (bicyclic) bond motifs is 1. The maximum atomic E-state index is 13.2. The zero-order chi connectivity index (χ0) is 20.3. The van der Waals surface area contributed by atoms with E-state index in [9.17, 15) is 4.79 Å². The molecule has 0 aliphatic carbocycles. The van der Waals surface area contributed by atoms with E-state index in [2.05, 4.69) is 0 Å². The summed E-state index contributed by atoms with van der Waals surface area (Å²) >= 11 is 7.78. The van der Waals surface area contributed by atoms with Crippen molar-refractivity contribution in [3.05, 3.63) is 52.5 Å². The second kappa shape index (κ2) is 10.3. The van der Waals surface area contributed by atoms with Crippen LogP contribution >= 0.6 is 35.3 Å². The van der Waals surface area contributed by atoms with Gasteiger partial charge in [0.1, 0.15) is 11.3 Å². The average molecular weight is 454 g/mol. The maximum absolute atomic E-state index is 13.2. The van der Waals surface area contributed by atoms with Gasteiger partial charge in [-0.05, 0) is 38.7 Å². The molecule has 8 heteroatoms. The highest BCUT2D eigenvalue weighted by Crippen LogP contribution is 2.38. The van der Waals surface area contributed by atoms with E-state index in [4.69, 9.17) is 21.3 Å². The van der Waals surface area contributed by atoms with Crippen LogP contribution in [0.25, 0.3) is 10.2 Å². The Morgan fingerprint density at radius 1 is 1.21 bits per heavy atom. The molecule has 0 radical (unpaired) electrons. The maximum Gasteiger partial charge on any atom is 0.233 e. The monoisotopic (exact) mass is 453 g/mol. The van der Waals surface area contributed by atoms with Gasteiger partial charge in [0.05, 0.1) is 23.3 Å². The quantitative estimate of drug-likeness (QED) is 0.513. The lowest BCUT2D eigenvalue weighted by Gasteiger charge is -2.22. The number of thiazole rings is 1. The van der Waals surface area contributed by atoms with Gasteiger partial charge in [-0.2, -0.15) is 0 Å². The number of methoxy groups -OCH3 is 1. The van der Waals surface area contributed by atoms with Crippen LogP contribution in [0.15, 0.2) is 36.4 Å². The van der Waals surface area contributed by atoms with Crippen LogP contribution in [0.2, 0.25) is 5.02 Å². The zero-order valence-electron chi connectivity index (χ0n) is 16.9. The van der Waals surface area contributed by atoms with Gasteiger partial charge in [-0.25, -0.2) is 4.98 Å². The van der Waals surface area contributed by atoms with E-state index >= 15 is 0 Å². The van der Waals surface area contributed by atoms with Crippen molar-refractivity contribution in [2.24, 2.45) is 0 Å². The highest BCUT2D eigenvalue weighted by molar-refractivity contribution is 7.23. The van der Waals surface area contributed by atoms with Crippen molar-refractivity contribution in [2.75, 3.05) is 39.2 Å². The van der Waals surface area contributed by atoms with Gasteiger partial charge in [0.2, 0.25) is 5.91 Å². The highest BCUT2D eigenvalue weighted by atomic mass is 35.5. The Morgan fingerprint density at radius 3 is 2.62 bits per heavy atom. The Hall–Kier alpha value is -1.86. The number of hydrogen-bond acceptors (Lipinski definition) is 5. The van der Waals surface area contributed by atoms with Crippen molar-refractivity contribution < 1.29 is 9.53 Å².